The van der Waals surface area contributed by atoms with E-state index in [0.717, 1.165) is 39.0 Å². The van der Waals surface area contributed by atoms with Crippen molar-refractivity contribution >= 4 is 0 Å². The molecule has 3 heteroatoms. The standard InChI is InChI=1S/C16H23NO2/c1-13(14-5-3-2-4-6-14)19-15-11-16(18-12-15)7-9-17-10-8-16/h2-6,13,15,17H,7-12H2,1H3. The average Bonchev–Trinajstić information content (AvgIpc) is 2.83. The molecular formula is C16H23NO2. The van der Waals surface area contributed by atoms with Crippen molar-refractivity contribution in [1.29, 1.82) is 0 Å². The van der Waals surface area contributed by atoms with Gasteiger partial charge in [-0.15, -0.1) is 0 Å². The predicted molar refractivity (Wildman–Crippen MR) is 75.1 cm³/mol. The first kappa shape index (κ1) is 13.1. The Morgan fingerprint density at radius 2 is 2.00 bits per heavy atom. The lowest BCUT2D eigenvalue weighted by atomic mass is 9.89. The van der Waals surface area contributed by atoms with E-state index in [4.69, 9.17) is 9.47 Å². The van der Waals surface area contributed by atoms with Crippen molar-refractivity contribution in [3.8, 4) is 0 Å². The van der Waals surface area contributed by atoms with Gasteiger partial charge in [0, 0.05) is 6.42 Å². The largest absolute Gasteiger partial charge is 0.372 e. The summed E-state index contributed by atoms with van der Waals surface area (Å²) in [7, 11) is 0. The van der Waals surface area contributed by atoms with E-state index in [1.165, 1.54) is 5.56 Å². The molecule has 2 unspecified atom stereocenters. The molecule has 3 nitrogen and oxygen atoms in total. The molecule has 2 aliphatic rings. The second kappa shape index (κ2) is 5.61. The number of hydrogen-bond donors (Lipinski definition) is 1. The van der Waals surface area contributed by atoms with Crippen LogP contribution in [0.15, 0.2) is 30.3 Å². The molecule has 0 aliphatic carbocycles. The summed E-state index contributed by atoms with van der Waals surface area (Å²) in [6, 6.07) is 10.4. The summed E-state index contributed by atoms with van der Waals surface area (Å²) in [4.78, 5) is 0. The van der Waals surface area contributed by atoms with Crippen molar-refractivity contribution in [1.82, 2.24) is 5.32 Å². The molecule has 19 heavy (non-hydrogen) atoms. The average molecular weight is 261 g/mol. The molecular weight excluding hydrogens is 238 g/mol. The number of piperidine rings is 1. The highest BCUT2D eigenvalue weighted by Gasteiger charge is 2.42. The first-order valence-electron chi connectivity index (χ1n) is 7.33. The molecule has 0 amide bonds. The van der Waals surface area contributed by atoms with Gasteiger partial charge in [0.15, 0.2) is 0 Å². The van der Waals surface area contributed by atoms with Crippen LogP contribution in [0.25, 0.3) is 0 Å². The fraction of sp³-hybridized carbons (Fsp3) is 0.625. The Morgan fingerprint density at radius 1 is 1.26 bits per heavy atom. The topological polar surface area (TPSA) is 30.5 Å². The maximum Gasteiger partial charge on any atom is 0.0844 e. The van der Waals surface area contributed by atoms with E-state index in [0.29, 0.717) is 0 Å². The van der Waals surface area contributed by atoms with E-state index in [2.05, 4.69) is 36.5 Å². The molecule has 2 aliphatic heterocycles. The van der Waals surface area contributed by atoms with Gasteiger partial charge in [-0.25, -0.2) is 0 Å². The molecule has 3 rings (SSSR count). The zero-order chi connectivity index (χ0) is 13.1. The van der Waals surface area contributed by atoms with Crippen LogP contribution >= 0.6 is 0 Å². The zero-order valence-corrected chi connectivity index (χ0v) is 11.6. The maximum absolute atomic E-state index is 6.18. The molecule has 2 saturated heterocycles. The number of ether oxygens (including phenoxy) is 2. The van der Waals surface area contributed by atoms with Crippen LogP contribution in [0.2, 0.25) is 0 Å². The van der Waals surface area contributed by atoms with Gasteiger partial charge in [0.2, 0.25) is 0 Å². The minimum atomic E-state index is 0.0896. The highest BCUT2D eigenvalue weighted by molar-refractivity contribution is 5.17. The first-order valence-corrected chi connectivity index (χ1v) is 7.33. The van der Waals surface area contributed by atoms with Crippen molar-refractivity contribution in [3.05, 3.63) is 35.9 Å². The fourth-order valence-electron chi connectivity index (χ4n) is 3.21. The summed E-state index contributed by atoms with van der Waals surface area (Å²) in [6.07, 6.45) is 3.67. The third kappa shape index (κ3) is 2.99. The summed E-state index contributed by atoms with van der Waals surface area (Å²) in [5.41, 5.74) is 1.33. The summed E-state index contributed by atoms with van der Waals surface area (Å²) >= 11 is 0. The number of rotatable bonds is 3. The molecule has 2 heterocycles. The van der Waals surface area contributed by atoms with Gasteiger partial charge in [-0.3, -0.25) is 0 Å². The molecule has 1 aromatic carbocycles. The Balaban J connectivity index is 1.57. The minimum absolute atomic E-state index is 0.0896. The van der Waals surface area contributed by atoms with Gasteiger partial charge in [0.05, 0.1) is 24.4 Å². The molecule has 0 bridgehead atoms. The summed E-state index contributed by atoms with van der Waals surface area (Å²) < 4.78 is 12.2. The predicted octanol–water partition coefficient (Wildman–Crippen LogP) is 2.68. The van der Waals surface area contributed by atoms with E-state index in [-0.39, 0.29) is 17.8 Å². The second-order valence-electron chi connectivity index (χ2n) is 5.76. The van der Waals surface area contributed by atoms with Gasteiger partial charge in [-0.2, -0.15) is 0 Å². The van der Waals surface area contributed by atoms with Crippen LogP contribution in [0.4, 0.5) is 0 Å². The summed E-state index contributed by atoms with van der Waals surface area (Å²) in [6.45, 7) is 5.02. The van der Waals surface area contributed by atoms with Crippen LogP contribution in [-0.4, -0.2) is 31.4 Å². The molecule has 0 saturated carbocycles. The van der Waals surface area contributed by atoms with Crippen molar-refractivity contribution < 1.29 is 9.47 Å². The highest BCUT2D eigenvalue weighted by Crippen LogP contribution is 2.36. The van der Waals surface area contributed by atoms with Crippen LogP contribution in [0.5, 0.6) is 0 Å². The SMILES string of the molecule is CC(OC1COC2(CCNCC2)C1)c1ccccc1. The zero-order valence-electron chi connectivity index (χ0n) is 11.6. The van der Waals surface area contributed by atoms with Crippen LogP contribution in [0.3, 0.4) is 0 Å². The van der Waals surface area contributed by atoms with Crippen molar-refractivity contribution in [2.45, 2.75) is 44.0 Å². The lowest BCUT2D eigenvalue weighted by Crippen LogP contribution is -2.41. The highest BCUT2D eigenvalue weighted by atomic mass is 16.6. The molecule has 0 aromatic heterocycles. The normalized spacial score (nSPS) is 27.5. The molecule has 1 spiro atoms. The quantitative estimate of drug-likeness (QED) is 0.907. The summed E-state index contributed by atoms with van der Waals surface area (Å²) in [5.74, 6) is 0. The van der Waals surface area contributed by atoms with Crippen LogP contribution in [-0.2, 0) is 9.47 Å². The lowest BCUT2D eigenvalue weighted by molar-refractivity contribution is -0.0300. The van der Waals surface area contributed by atoms with E-state index in [1.807, 2.05) is 6.07 Å². The van der Waals surface area contributed by atoms with Gasteiger partial charge in [-0.05, 0) is 38.4 Å². The maximum atomic E-state index is 6.18. The Kier molecular flexibility index (Phi) is 3.87. The number of benzene rings is 1. The van der Waals surface area contributed by atoms with Gasteiger partial charge >= 0.3 is 0 Å². The molecule has 0 radical (unpaired) electrons. The van der Waals surface area contributed by atoms with Crippen molar-refractivity contribution in [3.63, 3.8) is 0 Å². The monoisotopic (exact) mass is 261 g/mol. The first-order chi connectivity index (χ1) is 9.27. The minimum Gasteiger partial charge on any atom is -0.372 e. The summed E-state index contributed by atoms with van der Waals surface area (Å²) in [5, 5.41) is 3.40. The van der Waals surface area contributed by atoms with Gasteiger partial charge < -0.3 is 14.8 Å². The molecule has 1 aromatic rings. The molecule has 2 atom stereocenters. The van der Waals surface area contributed by atoms with Crippen molar-refractivity contribution in [2.75, 3.05) is 19.7 Å². The Labute approximate surface area is 115 Å². The Morgan fingerprint density at radius 3 is 2.74 bits per heavy atom. The third-order valence-corrected chi connectivity index (χ3v) is 4.36. The van der Waals surface area contributed by atoms with Crippen LogP contribution in [0, 0.1) is 0 Å². The van der Waals surface area contributed by atoms with Crippen LogP contribution < -0.4 is 5.32 Å². The van der Waals surface area contributed by atoms with Gasteiger partial charge in [-0.1, -0.05) is 30.3 Å². The van der Waals surface area contributed by atoms with Crippen molar-refractivity contribution in [2.24, 2.45) is 0 Å². The molecule has 104 valence electrons. The van der Waals surface area contributed by atoms with Gasteiger partial charge in [0.25, 0.3) is 0 Å². The van der Waals surface area contributed by atoms with Crippen LogP contribution in [0.1, 0.15) is 37.9 Å². The third-order valence-electron chi connectivity index (χ3n) is 4.36. The number of hydrogen-bond acceptors (Lipinski definition) is 3. The second-order valence-corrected chi connectivity index (χ2v) is 5.76. The van der Waals surface area contributed by atoms with E-state index in [1.54, 1.807) is 0 Å². The Hall–Kier alpha value is -0.900. The van der Waals surface area contributed by atoms with E-state index < -0.39 is 0 Å². The van der Waals surface area contributed by atoms with Gasteiger partial charge in [0.1, 0.15) is 0 Å². The fourth-order valence-corrected chi connectivity index (χ4v) is 3.21. The number of nitrogens with one attached hydrogen (secondary N) is 1. The smallest absolute Gasteiger partial charge is 0.0844 e. The van der Waals surface area contributed by atoms with E-state index in [9.17, 15) is 0 Å². The molecule has 2 fully saturated rings. The van der Waals surface area contributed by atoms with E-state index >= 15 is 0 Å². The Bertz CT molecular complexity index is 400. The molecule has 1 N–H and O–H groups in total. The lowest BCUT2D eigenvalue weighted by Gasteiger charge is -2.32.